The third kappa shape index (κ3) is 3.86. The van der Waals surface area contributed by atoms with Gasteiger partial charge in [0.2, 0.25) is 5.91 Å². The summed E-state index contributed by atoms with van der Waals surface area (Å²) in [4.78, 5) is 33.5. The summed E-state index contributed by atoms with van der Waals surface area (Å²) in [6.45, 7) is 2.26. The zero-order valence-electron chi connectivity index (χ0n) is 14.6. The number of rotatable bonds is 4. The van der Waals surface area contributed by atoms with E-state index in [-0.39, 0.29) is 24.3 Å². The van der Waals surface area contributed by atoms with Crippen LogP contribution in [0.3, 0.4) is 0 Å². The summed E-state index contributed by atoms with van der Waals surface area (Å²) in [7, 11) is 0. The number of nitrogens with zero attached hydrogens (tertiary/aromatic N) is 2. The van der Waals surface area contributed by atoms with Gasteiger partial charge in [-0.15, -0.1) is 0 Å². The van der Waals surface area contributed by atoms with Crippen molar-refractivity contribution in [1.29, 1.82) is 0 Å². The van der Waals surface area contributed by atoms with Gasteiger partial charge < -0.3 is 9.88 Å². The third-order valence-corrected chi connectivity index (χ3v) is 5.53. The van der Waals surface area contributed by atoms with Crippen molar-refractivity contribution in [3.8, 4) is 0 Å². The molecule has 0 radical (unpaired) electrons. The number of anilines is 1. The second-order valence-electron chi connectivity index (χ2n) is 6.18. The van der Waals surface area contributed by atoms with Gasteiger partial charge in [0.15, 0.2) is 5.16 Å². The van der Waals surface area contributed by atoms with Crippen molar-refractivity contribution in [3.63, 3.8) is 0 Å². The van der Waals surface area contributed by atoms with Gasteiger partial charge in [-0.2, -0.15) is 0 Å². The smallest absolute Gasteiger partial charge is 0.254 e. The number of aryl methyl sites for hydroxylation is 2. The maximum atomic E-state index is 14.4. The second-order valence-corrected chi connectivity index (χ2v) is 7.89. The number of halogens is 2. The number of hydrogen-bond donors (Lipinski definition) is 1. The number of carbonyl (C=O) groups excluding carboxylic acids is 1. The number of benzene rings is 1. The molecular weight excluding hydrogens is 421 g/mol. The summed E-state index contributed by atoms with van der Waals surface area (Å²) in [6, 6.07) is 3.24. The maximum Gasteiger partial charge on any atom is 0.254 e. The molecule has 1 aromatic carbocycles. The van der Waals surface area contributed by atoms with Gasteiger partial charge in [0.25, 0.3) is 5.56 Å². The summed E-state index contributed by atoms with van der Waals surface area (Å²) in [5.74, 6) is -0.581. The van der Waals surface area contributed by atoms with Gasteiger partial charge in [-0.25, -0.2) is 9.37 Å². The predicted molar refractivity (Wildman–Crippen MR) is 104 cm³/mol. The Labute approximate surface area is 163 Å². The quantitative estimate of drug-likeness (QED) is 0.583. The van der Waals surface area contributed by atoms with Crippen molar-refractivity contribution in [2.75, 3.05) is 17.7 Å². The van der Waals surface area contributed by atoms with Gasteiger partial charge in [-0.3, -0.25) is 9.59 Å². The van der Waals surface area contributed by atoms with Crippen LogP contribution < -0.4 is 10.5 Å². The van der Waals surface area contributed by atoms with Gasteiger partial charge in [0.1, 0.15) is 5.82 Å². The number of amides is 1. The molecule has 0 saturated heterocycles. The Hall–Kier alpha value is -1.67. The topological polar surface area (TPSA) is 66.1 Å². The van der Waals surface area contributed by atoms with Crippen LogP contribution in [-0.2, 0) is 17.6 Å². The normalized spacial score (nSPS) is 13.6. The second kappa shape index (κ2) is 7.92. The Kier molecular flexibility index (Phi) is 5.82. The lowest BCUT2D eigenvalue weighted by Crippen LogP contribution is -2.36. The molecule has 2 heterocycles. The highest BCUT2D eigenvalue weighted by Crippen LogP contribution is 2.33. The molecule has 0 spiro atoms. The maximum absolute atomic E-state index is 14.4. The summed E-state index contributed by atoms with van der Waals surface area (Å²) >= 11 is 4.66. The van der Waals surface area contributed by atoms with E-state index < -0.39 is 5.82 Å². The zero-order valence-corrected chi connectivity index (χ0v) is 17.0. The third-order valence-electron chi connectivity index (χ3n) is 4.49. The van der Waals surface area contributed by atoms with Crippen LogP contribution in [-0.4, -0.2) is 28.7 Å². The molecule has 0 aliphatic carbocycles. The molecule has 3 rings (SSSR count). The zero-order chi connectivity index (χ0) is 18.8. The van der Waals surface area contributed by atoms with Crippen LogP contribution in [0.25, 0.3) is 0 Å². The fourth-order valence-corrected chi connectivity index (χ4v) is 4.14. The fraction of sp³-hybridized carbons (Fsp3) is 0.389. The van der Waals surface area contributed by atoms with Crippen molar-refractivity contribution in [1.82, 2.24) is 9.97 Å². The van der Waals surface area contributed by atoms with Gasteiger partial charge >= 0.3 is 0 Å². The van der Waals surface area contributed by atoms with Crippen LogP contribution in [0.1, 0.15) is 29.7 Å². The molecular formula is C18H19BrFN3O2S. The summed E-state index contributed by atoms with van der Waals surface area (Å²) < 4.78 is 15.1. The van der Waals surface area contributed by atoms with Crippen LogP contribution in [0.4, 0.5) is 10.1 Å². The molecule has 26 heavy (non-hydrogen) atoms. The minimum absolute atomic E-state index is 0.138. The molecule has 1 aromatic heterocycles. The standard InChI is InChI=1S/C18H19BrFN3O2S/c1-10-13(17(25)22-18(21-10)26-2)5-6-15(24)23-7-3-4-11-8-12(19)9-14(20)16(11)23/h8-9H,3-7H2,1-2H3,(H,21,22,25). The summed E-state index contributed by atoms with van der Waals surface area (Å²) in [6.07, 6.45) is 3.79. The molecule has 1 amide bonds. The monoisotopic (exact) mass is 439 g/mol. The van der Waals surface area contributed by atoms with E-state index >= 15 is 0 Å². The van der Waals surface area contributed by atoms with Gasteiger partial charge in [-0.05, 0) is 50.1 Å². The first-order chi connectivity index (χ1) is 12.4. The van der Waals surface area contributed by atoms with Crippen LogP contribution >= 0.6 is 27.7 Å². The minimum Gasteiger partial charge on any atom is -0.309 e. The van der Waals surface area contributed by atoms with E-state index in [1.165, 1.54) is 22.7 Å². The molecule has 0 bridgehead atoms. The van der Waals surface area contributed by atoms with E-state index in [4.69, 9.17) is 0 Å². The molecule has 1 N–H and O–H groups in total. The average Bonchev–Trinajstić information content (AvgIpc) is 2.59. The Bertz CT molecular complexity index is 916. The largest absolute Gasteiger partial charge is 0.309 e. The Morgan fingerprint density at radius 3 is 2.92 bits per heavy atom. The predicted octanol–water partition coefficient (Wildman–Crippen LogP) is 3.61. The minimum atomic E-state index is -0.401. The lowest BCUT2D eigenvalue weighted by atomic mass is 10.0. The number of fused-ring (bicyclic) bond motifs is 1. The van der Waals surface area contributed by atoms with E-state index in [0.717, 1.165) is 18.4 Å². The van der Waals surface area contributed by atoms with Crippen LogP contribution in [0.5, 0.6) is 0 Å². The first-order valence-electron chi connectivity index (χ1n) is 8.32. The number of hydrogen-bond acceptors (Lipinski definition) is 4. The van der Waals surface area contributed by atoms with Crippen LogP contribution in [0.15, 0.2) is 26.6 Å². The van der Waals surface area contributed by atoms with Gasteiger partial charge in [0, 0.05) is 28.7 Å². The van der Waals surface area contributed by atoms with Gasteiger partial charge in [0.05, 0.1) is 5.69 Å². The highest BCUT2D eigenvalue weighted by Gasteiger charge is 2.26. The molecule has 0 saturated carbocycles. The Morgan fingerprint density at radius 1 is 1.46 bits per heavy atom. The Morgan fingerprint density at radius 2 is 2.23 bits per heavy atom. The summed E-state index contributed by atoms with van der Waals surface area (Å²) in [5, 5.41) is 0.556. The Balaban J connectivity index is 1.80. The molecule has 1 aliphatic rings. The lowest BCUT2D eigenvalue weighted by molar-refractivity contribution is -0.118. The molecule has 1 aliphatic heterocycles. The summed E-state index contributed by atoms with van der Waals surface area (Å²) in [5.41, 5.74) is 2.11. The molecule has 2 aromatic rings. The van der Waals surface area contributed by atoms with E-state index in [1.807, 2.05) is 12.3 Å². The van der Waals surface area contributed by atoms with E-state index in [1.54, 1.807) is 6.92 Å². The number of carbonyl (C=O) groups is 1. The first kappa shape index (κ1) is 19.1. The number of nitrogens with one attached hydrogen (secondary N) is 1. The van der Waals surface area contributed by atoms with Crippen LogP contribution in [0.2, 0.25) is 0 Å². The fourth-order valence-electron chi connectivity index (χ4n) is 3.24. The first-order valence-corrected chi connectivity index (χ1v) is 10.3. The van der Waals surface area contributed by atoms with Crippen molar-refractivity contribution in [2.24, 2.45) is 0 Å². The molecule has 0 atom stereocenters. The lowest BCUT2D eigenvalue weighted by Gasteiger charge is -2.30. The molecule has 5 nitrogen and oxygen atoms in total. The van der Waals surface area contributed by atoms with E-state index in [0.29, 0.717) is 33.1 Å². The average molecular weight is 440 g/mol. The highest BCUT2D eigenvalue weighted by molar-refractivity contribution is 9.10. The number of thioether (sulfide) groups is 1. The highest BCUT2D eigenvalue weighted by atomic mass is 79.9. The SMILES string of the molecule is CSc1nc(C)c(CCC(=O)N2CCCc3cc(Br)cc(F)c32)c(=O)[nH]1. The van der Waals surface area contributed by atoms with E-state index in [9.17, 15) is 14.0 Å². The molecule has 8 heteroatoms. The van der Waals surface area contributed by atoms with Crippen molar-refractivity contribution >= 4 is 39.3 Å². The van der Waals surface area contributed by atoms with Crippen molar-refractivity contribution < 1.29 is 9.18 Å². The molecule has 0 unspecified atom stereocenters. The van der Waals surface area contributed by atoms with Gasteiger partial charge in [-0.1, -0.05) is 27.7 Å². The number of H-pyrrole nitrogens is 1. The van der Waals surface area contributed by atoms with Crippen molar-refractivity contribution in [2.45, 2.75) is 37.8 Å². The number of aromatic amines is 1. The van der Waals surface area contributed by atoms with Crippen LogP contribution in [0, 0.1) is 12.7 Å². The molecule has 0 fully saturated rings. The number of aromatic nitrogens is 2. The van der Waals surface area contributed by atoms with E-state index in [2.05, 4.69) is 25.9 Å². The molecule has 138 valence electrons. The van der Waals surface area contributed by atoms with Crippen molar-refractivity contribution in [3.05, 3.63) is 49.6 Å².